The van der Waals surface area contributed by atoms with Gasteiger partial charge in [0.15, 0.2) is 0 Å². The summed E-state index contributed by atoms with van der Waals surface area (Å²) in [5.41, 5.74) is 7.34. The van der Waals surface area contributed by atoms with Gasteiger partial charge in [0, 0.05) is 21.9 Å². The average molecular weight is 630 g/mol. The molecule has 0 saturated heterocycles. The van der Waals surface area contributed by atoms with Crippen molar-refractivity contribution in [1.82, 2.24) is 10.6 Å². The number of fused-ring (bicyclic) bond motifs is 7. The van der Waals surface area contributed by atoms with Gasteiger partial charge in [0.05, 0.1) is 0 Å². The third-order valence-electron chi connectivity index (χ3n) is 9.92. The molecule has 4 nitrogen and oxygen atoms in total. The molecule has 2 unspecified atom stereocenters. The Labute approximate surface area is 283 Å². The van der Waals surface area contributed by atoms with Crippen LogP contribution in [0.4, 0.5) is 0 Å². The van der Waals surface area contributed by atoms with Gasteiger partial charge in [-0.1, -0.05) is 140 Å². The first-order valence-corrected chi connectivity index (χ1v) is 16.8. The maximum Gasteiger partial charge on any atom is 0.136 e. The second-order valence-electron chi connectivity index (χ2n) is 12.8. The molecule has 0 fully saturated rings. The number of nitrogens with zero attached hydrogens (tertiary/aromatic N) is 1. The highest BCUT2D eigenvalue weighted by molar-refractivity contribution is 6.14. The summed E-state index contributed by atoms with van der Waals surface area (Å²) in [5.74, 6) is 0.853. The number of amidine groups is 1. The molecule has 9 aromatic rings. The van der Waals surface area contributed by atoms with Gasteiger partial charge in [-0.15, -0.1) is 0 Å². The van der Waals surface area contributed by atoms with Crippen LogP contribution < -0.4 is 10.6 Å². The SMILES string of the molecule is c1ccc(-c2cccc3oc4cccc(C5NC(c6ccc7ccccc7c6)=NC(c6ccc7c(ccc8ccccc87)c6)N5)c4c23)cc1. The molecule has 0 amide bonds. The minimum absolute atomic E-state index is 0.246. The van der Waals surface area contributed by atoms with Crippen molar-refractivity contribution < 1.29 is 4.42 Å². The van der Waals surface area contributed by atoms with E-state index < -0.39 is 0 Å². The first-order valence-electron chi connectivity index (χ1n) is 16.8. The summed E-state index contributed by atoms with van der Waals surface area (Å²) in [5, 5.41) is 17.3. The second-order valence-corrected chi connectivity index (χ2v) is 12.8. The molecular formula is C45H31N3O. The van der Waals surface area contributed by atoms with Crippen molar-refractivity contribution in [2.24, 2.45) is 4.99 Å². The fraction of sp³-hybridized carbons (Fsp3) is 0.0444. The Hall–Kier alpha value is -6.23. The molecule has 1 aromatic heterocycles. The Morgan fingerprint density at radius 1 is 0.490 bits per heavy atom. The van der Waals surface area contributed by atoms with Crippen molar-refractivity contribution in [2.75, 3.05) is 0 Å². The van der Waals surface area contributed by atoms with Crippen LogP contribution in [0.3, 0.4) is 0 Å². The van der Waals surface area contributed by atoms with Crippen molar-refractivity contribution in [2.45, 2.75) is 12.3 Å². The maximum atomic E-state index is 6.51. The van der Waals surface area contributed by atoms with E-state index in [1.54, 1.807) is 0 Å². The lowest BCUT2D eigenvalue weighted by Crippen LogP contribution is -2.45. The second kappa shape index (κ2) is 11.2. The Balaban J connectivity index is 1.15. The molecule has 1 aliphatic rings. The summed E-state index contributed by atoms with van der Waals surface area (Å²) in [6, 6.07) is 58.1. The summed E-state index contributed by atoms with van der Waals surface area (Å²) < 4.78 is 6.51. The van der Waals surface area contributed by atoms with E-state index in [0.29, 0.717) is 0 Å². The van der Waals surface area contributed by atoms with Gasteiger partial charge in [0.1, 0.15) is 29.3 Å². The highest BCUT2D eigenvalue weighted by Gasteiger charge is 2.28. The van der Waals surface area contributed by atoms with Gasteiger partial charge in [0.25, 0.3) is 0 Å². The predicted molar refractivity (Wildman–Crippen MR) is 203 cm³/mol. The summed E-state index contributed by atoms with van der Waals surface area (Å²) in [4.78, 5) is 5.34. The topological polar surface area (TPSA) is 49.6 Å². The van der Waals surface area contributed by atoms with Crippen molar-refractivity contribution in [3.8, 4) is 11.1 Å². The lowest BCUT2D eigenvalue weighted by molar-refractivity contribution is 0.411. The van der Waals surface area contributed by atoms with Crippen LogP contribution in [0, 0.1) is 0 Å². The lowest BCUT2D eigenvalue weighted by atomic mass is 9.95. The smallest absolute Gasteiger partial charge is 0.136 e. The molecule has 0 saturated carbocycles. The molecule has 232 valence electrons. The molecule has 1 aliphatic heterocycles. The molecule has 0 spiro atoms. The lowest BCUT2D eigenvalue weighted by Gasteiger charge is -2.32. The van der Waals surface area contributed by atoms with E-state index in [9.17, 15) is 0 Å². The van der Waals surface area contributed by atoms with Crippen LogP contribution in [0.5, 0.6) is 0 Å². The van der Waals surface area contributed by atoms with Gasteiger partial charge in [-0.2, -0.15) is 0 Å². The fourth-order valence-electron chi connectivity index (χ4n) is 7.57. The molecule has 10 rings (SSSR count). The van der Waals surface area contributed by atoms with E-state index >= 15 is 0 Å². The zero-order valence-corrected chi connectivity index (χ0v) is 26.6. The Kier molecular flexibility index (Phi) is 6.36. The Morgan fingerprint density at radius 2 is 1.20 bits per heavy atom. The molecule has 0 radical (unpaired) electrons. The van der Waals surface area contributed by atoms with Crippen LogP contribution in [-0.2, 0) is 0 Å². The van der Waals surface area contributed by atoms with E-state index in [2.05, 4.69) is 174 Å². The molecular weight excluding hydrogens is 599 g/mol. The number of benzene rings is 8. The number of hydrogen-bond acceptors (Lipinski definition) is 4. The number of nitrogens with one attached hydrogen (secondary N) is 2. The molecule has 49 heavy (non-hydrogen) atoms. The minimum atomic E-state index is -0.286. The van der Waals surface area contributed by atoms with E-state index in [0.717, 1.165) is 55.6 Å². The van der Waals surface area contributed by atoms with Gasteiger partial charge in [-0.3, -0.25) is 5.32 Å². The molecule has 8 aromatic carbocycles. The predicted octanol–water partition coefficient (Wildman–Crippen LogP) is 11.0. The number of hydrogen-bond donors (Lipinski definition) is 2. The molecule has 2 N–H and O–H groups in total. The highest BCUT2D eigenvalue weighted by atomic mass is 16.3. The molecule has 0 aliphatic carbocycles. The van der Waals surface area contributed by atoms with Crippen LogP contribution in [0.1, 0.15) is 29.0 Å². The Bertz CT molecular complexity index is 2740. The molecule has 0 bridgehead atoms. The first kappa shape index (κ1) is 27.8. The van der Waals surface area contributed by atoms with E-state index in [1.165, 1.54) is 32.3 Å². The van der Waals surface area contributed by atoms with Gasteiger partial charge in [-0.05, 0) is 73.3 Å². The maximum absolute atomic E-state index is 6.51. The fourth-order valence-corrected chi connectivity index (χ4v) is 7.57. The minimum Gasteiger partial charge on any atom is -0.456 e. The van der Waals surface area contributed by atoms with Gasteiger partial charge in [0.2, 0.25) is 0 Å². The molecule has 4 heteroatoms. The van der Waals surface area contributed by atoms with Crippen LogP contribution in [0.15, 0.2) is 173 Å². The van der Waals surface area contributed by atoms with Crippen molar-refractivity contribution >= 4 is 60.1 Å². The largest absolute Gasteiger partial charge is 0.456 e. The van der Waals surface area contributed by atoms with Crippen LogP contribution >= 0.6 is 0 Å². The first-order chi connectivity index (χ1) is 24.3. The average Bonchev–Trinajstić information content (AvgIpc) is 3.57. The Morgan fingerprint density at radius 3 is 2.10 bits per heavy atom. The van der Waals surface area contributed by atoms with E-state index in [4.69, 9.17) is 9.41 Å². The number of furan rings is 1. The van der Waals surface area contributed by atoms with Gasteiger partial charge < -0.3 is 9.73 Å². The van der Waals surface area contributed by atoms with E-state index in [1.807, 2.05) is 0 Å². The summed E-state index contributed by atoms with van der Waals surface area (Å²) in [7, 11) is 0. The molecule has 2 atom stereocenters. The van der Waals surface area contributed by atoms with Crippen LogP contribution in [0.2, 0.25) is 0 Å². The van der Waals surface area contributed by atoms with Gasteiger partial charge >= 0.3 is 0 Å². The van der Waals surface area contributed by atoms with Crippen LogP contribution in [0.25, 0.3) is 65.4 Å². The number of aliphatic imine (C=N–C) groups is 1. The zero-order chi connectivity index (χ0) is 32.3. The van der Waals surface area contributed by atoms with Gasteiger partial charge in [-0.25, -0.2) is 4.99 Å². The van der Waals surface area contributed by atoms with E-state index in [-0.39, 0.29) is 12.3 Å². The number of rotatable bonds is 4. The highest BCUT2D eigenvalue weighted by Crippen LogP contribution is 2.41. The van der Waals surface area contributed by atoms with Crippen molar-refractivity contribution in [3.05, 3.63) is 180 Å². The summed E-state index contributed by atoms with van der Waals surface area (Å²) in [6.07, 6.45) is -0.532. The zero-order valence-electron chi connectivity index (χ0n) is 26.6. The molecule has 2 heterocycles. The summed E-state index contributed by atoms with van der Waals surface area (Å²) in [6.45, 7) is 0. The summed E-state index contributed by atoms with van der Waals surface area (Å²) >= 11 is 0. The monoisotopic (exact) mass is 629 g/mol. The quantitative estimate of drug-likeness (QED) is 0.190. The third-order valence-corrected chi connectivity index (χ3v) is 9.92. The van der Waals surface area contributed by atoms with Crippen molar-refractivity contribution in [3.63, 3.8) is 0 Å². The van der Waals surface area contributed by atoms with Crippen molar-refractivity contribution in [1.29, 1.82) is 0 Å². The standard InChI is InChI=1S/C45H31N3O/c1-2-11-29(12-3-1)37-16-8-18-39-41(37)42-38(17-9-19-40(42)49-39)45-47-43(33-23-20-28-10-4-5-14-31(28)26-33)46-44(48-45)34-24-25-36-32(27-34)22-21-30-13-6-7-15-35(30)36/h1-27,44-45,48H,(H,46,47). The third kappa shape index (κ3) is 4.68. The van der Waals surface area contributed by atoms with Crippen LogP contribution in [-0.4, -0.2) is 5.84 Å². The normalized spacial score (nSPS) is 16.4.